The fourth-order valence-electron chi connectivity index (χ4n) is 2.61. The minimum absolute atomic E-state index is 0.0410. The minimum atomic E-state index is -4.85. The Morgan fingerprint density at radius 2 is 2.12 bits per heavy atom. The average molecular weight is 358 g/mol. The third-order valence-electron chi connectivity index (χ3n) is 3.71. The summed E-state index contributed by atoms with van der Waals surface area (Å²) in [5.41, 5.74) is 0.340. The zero-order valence-corrected chi connectivity index (χ0v) is 12.7. The molecular weight excluding hydrogens is 345 g/mol. The third kappa shape index (κ3) is 3.68. The number of aromatic amines is 1. The highest BCUT2D eigenvalue weighted by Gasteiger charge is 2.33. The maximum Gasteiger partial charge on any atom is 0.573 e. The molecule has 3 rings (SSSR count). The Morgan fingerprint density at radius 1 is 1.36 bits per heavy atom. The smallest absolute Gasteiger partial charge is 0.479 e. The standard InChI is InChI=1S/C15H13F3N2O5/c16-15(17,18)25-11-3-1-2-9-8(11)6-10(19-9)13(21)20-4-5-24-12(7-20)14(22)23/h1-3,6,12,19H,4-5,7H2,(H,22,23)/t12-/m0/s1. The number of aliphatic carboxylic acids is 1. The molecule has 134 valence electrons. The van der Waals surface area contributed by atoms with Gasteiger partial charge in [0.15, 0.2) is 6.10 Å². The minimum Gasteiger partial charge on any atom is -0.479 e. The highest BCUT2D eigenvalue weighted by Crippen LogP contribution is 2.31. The number of hydrogen-bond acceptors (Lipinski definition) is 4. The van der Waals surface area contributed by atoms with Gasteiger partial charge in [-0.2, -0.15) is 0 Å². The normalized spacial score (nSPS) is 18.4. The summed E-state index contributed by atoms with van der Waals surface area (Å²) < 4.78 is 46.4. The Balaban J connectivity index is 1.87. The molecule has 0 aliphatic carbocycles. The lowest BCUT2D eigenvalue weighted by atomic mass is 10.2. The van der Waals surface area contributed by atoms with Crippen molar-refractivity contribution in [1.29, 1.82) is 0 Å². The van der Waals surface area contributed by atoms with Gasteiger partial charge in [0.25, 0.3) is 5.91 Å². The molecule has 1 aliphatic heterocycles. The van der Waals surface area contributed by atoms with Gasteiger partial charge >= 0.3 is 12.3 Å². The van der Waals surface area contributed by atoms with Crippen LogP contribution in [0.15, 0.2) is 24.3 Å². The van der Waals surface area contributed by atoms with Gasteiger partial charge in [-0.05, 0) is 18.2 Å². The van der Waals surface area contributed by atoms with Crippen molar-refractivity contribution in [1.82, 2.24) is 9.88 Å². The molecule has 0 bridgehead atoms. The SMILES string of the molecule is O=C(O)[C@@H]1CN(C(=O)c2cc3c(OC(F)(F)F)cccc3[nH]2)CCO1. The van der Waals surface area contributed by atoms with Crippen LogP contribution in [0.5, 0.6) is 5.75 Å². The number of carboxylic acids is 1. The van der Waals surface area contributed by atoms with Crippen LogP contribution >= 0.6 is 0 Å². The fraction of sp³-hybridized carbons (Fsp3) is 0.333. The predicted octanol–water partition coefficient (Wildman–Crippen LogP) is 1.99. The van der Waals surface area contributed by atoms with Crippen molar-refractivity contribution in [2.75, 3.05) is 19.7 Å². The quantitative estimate of drug-likeness (QED) is 0.876. The van der Waals surface area contributed by atoms with Gasteiger partial charge in [0, 0.05) is 17.4 Å². The lowest BCUT2D eigenvalue weighted by Crippen LogP contribution is -2.48. The van der Waals surface area contributed by atoms with Crippen LogP contribution in [-0.4, -0.2) is 59.0 Å². The first-order chi connectivity index (χ1) is 11.7. The third-order valence-corrected chi connectivity index (χ3v) is 3.71. The zero-order valence-electron chi connectivity index (χ0n) is 12.7. The largest absolute Gasteiger partial charge is 0.573 e. The molecule has 1 fully saturated rings. The Hall–Kier alpha value is -2.75. The topological polar surface area (TPSA) is 91.9 Å². The van der Waals surface area contributed by atoms with E-state index in [1.807, 2.05) is 0 Å². The maximum atomic E-state index is 12.5. The number of H-pyrrole nitrogens is 1. The summed E-state index contributed by atoms with van der Waals surface area (Å²) in [5.74, 6) is -2.13. The number of carbonyl (C=O) groups excluding carboxylic acids is 1. The number of carboxylic acid groups (broad SMARTS) is 1. The number of alkyl halides is 3. The van der Waals surface area contributed by atoms with E-state index >= 15 is 0 Å². The molecule has 2 aromatic rings. The molecule has 0 saturated carbocycles. The second-order valence-corrected chi connectivity index (χ2v) is 5.40. The van der Waals surface area contributed by atoms with Crippen LogP contribution in [0, 0.1) is 0 Å². The number of benzene rings is 1. The first-order valence-corrected chi connectivity index (χ1v) is 7.26. The van der Waals surface area contributed by atoms with Gasteiger partial charge in [-0.25, -0.2) is 4.79 Å². The molecule has 7 nitrogen and oxygen atoms in total. The number of ether oxygens (including phenoxy) is 2. The second kappa shape index (κ2) is 6.28. The summed E-state index contributed by atoms with van der Waals surface area (Å²) in [4.78, 5) is 27.5. The van der Waals surface area contributed by atoms with E-state index in [1.54, 1.807) is 0 Å². The molecule has 1 atom stereocenters. The van der Waals surface area contributed by atoms with Crippen LogP contribution in [0.4, 0.5) is 13.2 Å². The van der Waals surface area contributed by atoms with Crippen molar-refractivity contribution in [2.24, 2.45) is 0 Å². The van der Waals surface area contributed by atoms with E-state index in [2.05, 4.69) is 9.72 Å². The predicted molar refractivity (Wildman–Crippen MR) is 78.3 cm³/mol. The number of carbonyl (C=O) groups is 2. The van der Waals surface area contributed by atoms with Gasteiger partial charge in [-0.1, -0.05) is 6.07 Å². The summed E-state index contributed by atoms with van der Waals surface area (Å²) in [6.45, 7) is 0.102. The van der Waals surface area contributed by atoms with Crippen LogP contribution < -0.4 is 4.74 Å². The Labute approximate surface area is 138 Å². The van der Waals surface area contributed by atoms with Gasteiger partial charge in [0.05, 0.1) is 13.2 Å². The number of nitrogens with one attached hydrogen (secondary N) is 1. The molecule has 0 unspecified atom stereocenters. The van der Waals surface area contributed by atoms with Crippen LogP contribution in [0.3, 0.4) is 0 Å². The lowest BCUT2D eigenvalue weighted by molar-refractivity contribution is -0.274. The summed E-state index contributed by atoms with van der Waals surface area (Å²) in [6.07, 6.45) is -5.99. The molecule has 0 radical (unpaired) electrons. The van der Waals surface area contributed by atoms with Crippen molar-refractivity contribution in [3.63, 3.8) is 0 Å². The molecule has 1 aliphatic rings. The second-order valence-electron chi connectivity index (χ2n) is 5.40. The molecule has 10 heteroatoms. The highest BCUT2D eigenvalue weighted by atomic mass is 19.4. The monoisotopic (exact) mass is 358 g/mol. The molecule has 1 amide bonds. The maximum absolute atomic E-state index is 12.5. The van der Waals surface area contributed by atoms with E-state index in [0.717, 1.165) is 6.07 Å². The van der Waals surface area contributed by atoms with Gasteiger partial charge in [-0.15, -0.1) is 13.2 Å². The average Bonchev–Trinajstić information content (AvgIpc) is 2.98. The van der Waals surface area contributed by atoms with E-state index in [-0.39, 0.29) is 30.8 Å². The Morgan fingerprint density at radius 3 is 2.80 bits per heavy atom. The molecule has 2 heterocycles. The molecule has 1 aromatic heterocycles. The van der Waals surface area contributed by atoms with Gasteiger partial charge in [0.2, 0.25) is 0 Å². The molecule has 2 N–H and O–H groups in total. The van der Waals surface area contributed by atoms with Crippen molar-refractivity contribution in [2.45, 2.75) is 12.5 Å². The molecular formula is C15H13F3N2O5. The van der Waals surface area contributed by atoms with E-state index in [9.17, 15) is 22.8 Å². The fourth-order valence-corrected chi connectivity index (χ4v) is 2.61. The number of fused-ring (bicyclic) bond motifs is 1. The van der Waals surface area contributed by atoms with Crippen LogP contribution in [0.2, 0.25) is 0 Å². The van der Waals surface area contributed by atoms with E-state index in [1.165, 1.54) is 23.1 Å². The summed E-state index contributed by atoms with van der Waals surface area (Å²) >= 11 is 0. The number of amides is 1. The van der Waals surface area contributed by atoms with Crippen LogP contribution in [0.25, 0.3) is 10.9 Å². The van der Waals surface area contributed by atoms with Gasteiger partial charge in [0.1, 0.15) is 11.4 Å². The number of hydrogen-bond donors (Lipinski definition) is 2. The van der Waals surface area contributed by atoms with Crippen molar-refractivity contribution in [3.8, 4) is 5.75 Å². The summed E-state index contributed by atoms with van der Waals surface area (Å²) in [5, 5.41) is 9.08. The summed E-state index contributed by atoms with van der Waals surface area (Å²) in [7, 11) is 0. The lowest BCUT2D eigenvalue weighted by Gasteiger charge is -2.30. The Kier molecular flexibility index (Phi) is 4.29. The number of aromatic nitrogens is 1. The molecule has 0 spiro atoms. The number of morpholine rings is 1. The van der Waals surface area contributed by atoms with Gasteiger partial charge < -0.3 is 24.5 Å². The van der Waals surface area contributed by atoms with Gasteiger partial charge in [-0.3, -0.25) is 4.79 Å². The zero-order chi connectivity index (χ0) is 18.2. The van der Waals surface area contributed by atoms with E-state index < -0.39 is 30.1 Å². The molecule has 1 aromatic carbocycles. The van der Waals surface area contributed by atoms with E-state index in [0.29, 0.717) is 5.52 Å². The number of halogens is 3. The van der Waals surface area contributed by atoms with Crippen molar-refractivity contribution in [3.05, 3.63) is 30.0 Å². The first-order valence-electron chi connectivity index (χ1n) is 7.26. The molecule has 1 saturated heterocycles. The number of rotatable bonds is 3. The van der Waals surface area contributed by atoms with Crippen LogP contribution in [0.1, 0.15) is 10.5 Å². The molecule has 25 heavy (non-hydrogen) atoms. The van der Waals surface area contributed by atoms with Crippen molar-refractivity contribution >= 4 is 22.8 Å². The Bertz CT molecular complexity index is 817. The van der Waals surface area contributed by atoms with Crippen molar-refractivity contribution < 1.29 is 37.3 Å². The number of nitrogens with zero attached hydrogens (tertiary/aromatic N) is 1. The highest BCUT2D eigenvalue weighted by molar-refractivity contribution is 6.00. The van der Waals surface area contributed by atoms with Crippen LogP contribution in [-0.2, 0) is 9.53 Å². The summed E-state index contributed by atoms with van der Waals surface area (Å²) in [6, 6.07) is 5.27. The first kappa shape index (κ1) is 17.1. The van der Waals surface area contributed by atoms with E-state index in [4.69, 9.17) is 9.84 Å².